The minimum Gasteiger partial charge on any atom is -0.466 e. The molecule has 0 bridgehead atoms. The van der Waals surface area contributed by atoms with Crippen LogP contribution >= 0.6 is 0 Å². The summed E-state index contributed by atoms with van der Waals surface area (Å²) in [5, 5.41) is 0. The zero-order valence-corrected chi connectivity index (χ0v) is 23.1. The molecule has 0 fully saturated rings. The van der Waals surface area contributed by atoms with Gasteiger partial charge in [0, 0.05) is 26.1 Å². The monoisotopic (exact) mass is 485 g/mol. The lowest BCUT2D eigenvalue weighted by molar-refractivity contribution is -0.143. The fourth-order valence-electron chi connectivity index (χ4n) is 3.56. The van der Waals surface area contributed by atoms with Crippen molar-refractivity contribution < 1.29 is 23.8 Å². The van der Waals surface area contributed by atoms with E-state index in [2.05, 4.69) is 13.8 Å². The molecule has 0 spiro atoms. The molecule has 34 heavy (non-hydrogen) atoms. The third-order valence-electron chi connectivity index (χ3n) is 5.62. The molecule has 0 rings (SSSR count). The fraction of sp³-hybridized carbons (Fsp3) is 0.929. The van der Waals surface area contributed by atoms with Gasteiger partial charge < -0.3 is 19.1 Å². The highest BCUT2D eigenvalue weighted by Gasteiger charge is 2.21. The minimum atomic E-state index is -0.517. The fourth-order valence-corrected chi connectivity index (χ4v) is 3.56. The molecule has 0 N–H and O–H groups in total. The van der Waals surface area contributed by atoms with Crippen LogP contribution in [0, 0.1) is 0 Å². The Morgan fingerprint density at radius 1 is 0.647 bits per heavy atom. The molecule has 0 heterocycles. The normalized spacial score (nSPS) is 11.4. The van der Waals surface area contributed by atoms with Gasteiger partial charge in [-0.3, -0.25) is 4.79 Å². The van der Waals surface area contributed by atoms with Crippen LogP contribution in [-0.4, -0.2) is 55.5 Å². The first-order chi connectivity index (χ1) is 16.3. The molecule has 0 aromatic rings. The Labute approximate surface area is 210 Å². The number of hydrogen-bond acceptors (Lipinski definition) is 5. The van der Waals surface area contributed by atoms with Crippen LogP contribution in [0.5, 0.6) is 0 Å². The van der Waals surface area contributed by atoms with Crippen molar-refractivity contribution in [3.8, 4) is 0 Å². The van der Waals surface area contributed by atoms with Gasteiger partial charge in [0.2, 0.25) is 0 Å². The molecule has 0 unspecified atom stereocenters. The summed E-state index contributed by atoms with van der Waals surface area (Å²) in [6.45, 7) is 12.9. The molecule has 0 aliphatic rings. The highest BCUT2D eigenvalue weighted by atomic mass is 16.6. The number of carbonyl (C=O) groups excluding carboxylic acids is 2. The Hall–Kier alpha value is -1.30. The van der Waals surface area contributed by atoms with Crippen molar-refractivity contribution in [1.29, 1.82) is 0 Å². The van der Waals surface area contributed by atoms with E-state index in [4.69, 9.17) is 14.2 Å². The standard InChI is InChI=1S/C28H55NO5/c1-6-8-10-11-12-13-14-15-19-24-33-26(30)20-17-16-18-21-29(22-25-32-23-9-7-2)27(31)34-28(3,4)5/h6-25H2,1-5H3. The molecule has 202 valence electrons. The first-order valence-electron chi connectivity index (χ1n) is 14.0. The van der Waals surface area contributed by atoms with Crippen molar-refractivity contribution in [2.75, 3.05) is 32.9 Å². The van der Waals surface area contributed by atoms with Gasteiger partial charge >= 0.3 is 12.1 Å². The summed E-state index contributed by atoms with van der Waals surface area (Å²) in [7, 11) is 0. The second-order valence-electron chi connectivity index (χ2n) is 10.3. The smallest absolute Gasteiger partial charge is 0.410 e. The maximum atomic E-state index is 12.5. The Morgan fingerprint density at radius 3 is 1.85 bits per heavy atom. The van der Waals surface area contributed by atoms with Crippen LogP contribution in [-0.2, 0) is 19.0 Å². The predicted molar refractivity (Wildman–Crippen MR) is 140 cm³/mol. The number of nitrogens with zero attached hydrogens (tertiary/aromatic N) is 1. The first kappa shape index (κ1) is 32.7. The van der Waals surface area contributed by atoms with Crippen molar-refractivity contribution >= 4 is 12.1 Å². The number of esters is 1. The first-order valence-corrected chi connectivity index (χ1v) is 14.0. The topological polar surface area (TPSA) is 65.1 Å². The van der Waals surface area contributed by atoms with E-state index in [-0.39, 0.29) is 12.1 Å². The molecule has 6 heteroatoms. The van der Waals surface area contributed by atoms with E-state index in [0.29, 0.717) is 32.7 Å². The lowest BCUT2D eigenvalue weighted by Gasteiger charge is -2.27. The summed E-state index contributed by atoms with van der Waals surface area (Å²) in [6.07, 6.45) is 16.1. The molecule has 0 aliphatic heterocycles. The molecular weight excluding hydrogens is 430 g/mol. The lowest BCUT2D eigenvalue weighted by atomic mass is 10.1. The molecule has 6 nitrogen and oxygen atoms in total. The summed E-state index contributed by atoms with van der Waals surface area (Å²) in [5.41, 5.74) is -0.517. The molecule has 0 radical (unpaired) electrons. The molecule has 0 saturated heterocycles. The number of carbonyl (C=O) groups is 2. The molecule has 0 saturated carbocycles. The van der Waals surface area contributed by atoms with Gasteiger partial charge in [-0.25, -0.2) is 4.79 Å². The van der Waals surface area contributed by atoms with E-state index in [0.717, 1.165) is 51.6 Å². The van der Waals surface area contributed by atoms with Gasteiger partial charge in [-0.1, -0.05) is 78.1 Å². The van der Waals surface area contributed by atoms with Crippen LogP contribution < -0.4 is 0 Å². The molecule has 0 aromatic heterocycles. The number of amides is 1. The molecular formula is C28H55NO5. The average Bonchev–Trinajstić information content (AvgIpc) is 2.77. The second-order valence-corrected chi connectivity index (χ2v) is 10.3. The van der Waals surface area contributed by atoms with Crippen LogP contribution in [0.2, 0.25) is 0 Å². The Balaban J connectivity index is 3.88. The van der Waals surface area contributed by atoms with Crippen molar-refractivity contribution in [3.05, 3.63) is 0 Å². The largest absolute Gasteiger partial charge is 0.466 e. The number of hydrogen-bond donors (Lipinski definition) is 0. The van der Waals surface area contributed by atoms with E-state index >= 15 is 0 Å². The molecule has 0 atom stereocenters. The van der Waals surface area contributed by atoms with Crippen molar-refractivity contribution in [1.82, 2.24) is 4.90 Å². The van der Waals surface area contributed by atoms with Gasteiger partial charge in [-0.05, 0) is 46.5 Å². The van der Waals surface area contributed by atoms with E-state index < -0.39 is 5.60 Å². The van der Waals surface area contributed by atoms with Crippen LogP contribution in [0.1, 0.15) is 131 Å². The van der Waals surface area contributed by atoms with Gasteiger partial charge in [0.05, 0.1) is 13.2 Å². The predicted octanol–water partition coefficient (Wildman–Crippen LogP) is 7.67. The SMILES string of the molecule is CCCCCCCCCCCOC(=O)CCCCCN(CCOCCCC)C(=O)OC(C)(C)C. The number of rotatable bonds is 22. The molecule has 0 aliphatic carbocycles. The van der Waals surface area contributed by atoms with Gasteiger partial charge in [0.1, 0.15) is 5.60 Å². The minimum absolute atomic E-state index is 0.104. The maximum Gasteiger partial charge on any atom is 0.410 e. The van der Waals surface area contributed by atoms with Gasteiger partial charge in [-0.15, -0.1) is 0 Å². The van der Waals surface area contributed by atoms with Crippen molar-refractivity contribution in [2.45, 2.75) is 137 Å². The van der Waals surface area contributed by atoms with Crippen LogP contribution in [0.25, 0.3) is 0 Å². The zero-order chi connectivity index (χ0) is 25.5. The zero-order valence-electron chi connectivity index (χ0n) is 23.1. The van der Waals surface area contributed by atoms with Crippen LogP contribution in [0.4, 0.5) is 4.79 Å². The second kappa shape index (κ2) is 22.2. The summed E-state index contributed by atoms with van der Waals surface area (Å²) in [4.78, 5) is 26.2. The van der Waals surface area contributed by atoms with Crippen molar-refractivity contribution in [3.63, 3.8) is 0 Å². The third-order valence-corrected chi connectivity index (χ3v) is 5.62. The highest BCUT2D eigenvalue weighted by molar-refractivity contribution is 5.69. The molecule has 1 amide bonds. The Kier molecular flexibility index (Phi) is 21.3. The Morgan fingerprint density at radius 2 is 1.24 bits per heavy atom. The van der Waals surface area contributed by atoms with Gasteiger partial charge in [-0.2, -0.15) is 0 Å². The van der Waals surface area contributed by atoms with E-state index in [1.807, 2.05) is 20.8 Å². The summed E-state index contributed by atoms with van der Waals surface area (Å²) in [6, 6.07) is 0. The molecule has 0 aromatic carbocycles. The number of unbranched alkanes of at least 4 members (excludes halogenated alkanes) is 11. The Bertz CT molecular complexity index is 490. The summed E-state index contributed by atoms with van der Waals surface area (Å²) in [5.74, 6) is -0.104. The van der Waals surface area contributed by atoms with Gasteiger partial charge in [0.25, 0.3) is 0 Å². The van der Waals surface area contributed by atoms with Crippen LogP contribution in [0.3, 0.4) is 0 Å². The van der Waals surface area contributed by atoms with Crippen molar-refractivity contribution in [2.24, 2.45) is 0 Å². The quantitative estimate of drug-likeness (QED) is 0.116. The van der Waals surface area contributed by atoms with Crippen LogP contribution in [0.15, 0.2) is 0 Å². The van der Waals surface area contributed by atoms with E-state index in [9.17, 15) is 9.59 Å². The van der Waals surface area contributed by atoms with E-state index in [1.165, 1.54) is 44.9 Å². The summed E-state index contributed by atoms with van der Waals surface area (Å²) < 4.78 is 16.5. The van der Waals surface area contributed by atoms with Gasteiger partial charge in [0.15, 0.2) is 0 Å². The third kappa shape index (κ3) is 22.5. The summed E-state index contributed by atoms with van der Waals surface area (Å²) >= 11 is 0. The maximum absolute atomic E-state index is 12.5. The lowest BCUT2D eigenvalue weighted by Crippen LogP contribution is -2.39. The van der Waals surface area contributed by atoms with E-state index in [1.54, 1.807) is 4.90 Å². The average molecular weight is 486 g/mol. The number of ether oxygens (including phenoxy) is 3. The highest BCUT2D eigenvalue weighted by Crippen LogP contribution is 2.12.